The first-order valence-electron chi connectivity index (χ1n) is 3.38. The van der Waals surface area contributed by atoms with Gasteiger partial charge in [0.25, 0.3) is 5.91 Å². The molecule has 0 aliphatic heterocycles. The minimum absolute atomic E-state index is 0.156. The molecule has 3 nitrogen and oxygen atoms in total. The third-order valence-electron chi connectivity index (χ3n) is 1.27. The van der Waals surface area contributed by atoms with Crippen molar-refractivity contribution in [3.05, 3.63) is 0 Å². The van der Waals surface area contributed by atoms with Crippen LogP contribution >= 0.6 is 15.9 Å². The van der Waals surface area contributed by atoms with Crippen molar-refractivity contribution < 1.29 is 4.79 Å². The van der Waals surface area contributed by atoms with Gasteiger partial charge in [0.15, 0.2) is 0 Å². The molecule has 0 aromatic heterocycles. The number of nitriles is 1. The van der Waals surface area contributed by atoms with E-state index in [1.807, 2.05) is 6.07 Å². The van der Waals surface area contributed by atoms with Crippen LogP contribution in [0.1, 0.15) is 6.92 Å². The van der Waals surface area contributed by atoms with Crippen molar-refractivity contribution in [2.75, 3.05) is 13.6 Å². The number of amides is 1. The fourth-order valence-electron chi connectivity index (χ4n) is 0.670. The molecule has 64 valence electrons. The first-order chi connectivity index (χ1) is 5.61. The first-order valence-corrected chi connectivity index (χ1v) is 4.17. The molecule has 1 amide bonds. The van der Waals surface area contributed by atoms with Crippen LogP contribution in [0.15, 0.2) is 0 Å². The predicted octanol–water partition coefficient (Wildman–Crippen LogP) is 0.960. The van der Waals surface area contributed by atoms with Gasteiger partial charge in [0, 0.05) is 35.4 Å². The molecular formula is C8H9BrN2O. The average molecular weight is 229 g/mol. The van der Waals surface area contributed by atoms with Crippen molar-refractivity contribution in [1.29, 1.82) is 5.26 Å². The van der Waals surface area contributed by atoms with E-state index in [2.05, 4.69) is 26.7 Å². The lowest BCUT2D eigenvalue weighted by atomic mass is 10.2. The van der Waals surface area contributed by atoms with Crippen molar-refractivity contribution >= 4 is 21.8 Å². The molecule has 0 spiro atoms. The maximum Gasteiger partial charge on any atom is 0.299 e. The summed E-state index contributed by atoms with van der Waals surface area (Å²) in [5.41, 5.74) is 0. The van der Waals surface area contributed by atoms with Gasteiger partial charge in [-0.2, -0.15) is 5.26 Å². The quantitative estimate of drug-likeness (QED) is 0.662. The highest BCUT2D eigenvalue weighted by atomic mass is 79.9. The third-order valence-corrected chi connectivity index (χ3v) is 1.47. The van der Waals surface area contributed by atoms with Crippen LogP contribution in [0.5, 0.6) is 0 Å². The van der Waals surface area contributed by atoms with Gasteiger partial charge in [-0.3, -0.25) is 4.79 Å². The van der Waals surface area contributed by atoms with Crippen molar-refractivity contribution in [2.45, 2.75) is 6.92 Å². The van der Waals surface area contributed by atoms with E-state index < -0.39 is 0 Å². The molecular weight excluding hydrogens is 220 g/mol. The van der Waals surface area contributed by atoms with Crippen LogP contribution in [0, 0.1) is 28.0 Å². The average Bonchev–Trinajstić information content (AvgIpc) is 2.04. The zero-order valence-corrected chi connectivity index (χ0v) is 8.55. The summed E-state index contributed by atoms with van der Waals surface area (Å²) in [4.78, 5) is 14.8. The van der Waals surface area contributed by atoms with Gasteiger partial charge < -0.3 is 4.90 Å². The van der Waals surface area contributed by atoms with E-state index in [4.69, 9.17) is 5.26 Å². The Kier molecular flexibility index (Phi) is 5.16. The minimum Gasteiger partial charge on any atom is -0.334 e. The van der Waals surface area contributed by atoms with Gasteiger partial charge in [0.1, 0.15) is 0 Å². The fourth-order valence-corrected chi connectivity index (χ4v) is 0.840. The van der Waals surface area contributed by atoms with Crippen LogP contribution in [0.25, 0.3) is 0 Å². The van der Waals surface area contributed by atoms with Gasteiger partial charge in [-0.15, -0.1) is 0 Å². The summed E-state index contributed by atoms with van der Waals surface area (Å²) in [5.74, 6) is 1.88. The molecule has 1 atom stereocenters. The topological polar surface area (TPSA) is 44.1 Å². The predicted molar refractivity (Wildman–Crippen MR) is 49.1 cm³/mol. The van der Waals surface area contributed by atoms with Gasteiger partial charge in [-0.1, -0.05) is 0 Å². The Morgan fingerprint density at radius 2 is 2.33 bits per heavy atom. The molecule has 0 aromatic rings. The SMILES string of the molecule is CC(C#N)CN(C)C(=O)C#CBr. The van der Waals surface area contributed by atoms with E-state index in [9.17, 15) is 4.79 Å². The molecule has 0 aliphatic rings. The number of nitrogens with zero attached hydrogens (tertiary/aromatic N) is 2. The zero-order valence-electron chi connectivity index (χ0n) is 6.97. The summed E-state index contributed by atoms with van der Waals surface area (Å²) in [6.07, 6.45) is 0. The number of carbonyl (C=O) groups is 1. The molecule has 0 radical (unpaired) electrons. The molecule has 0 bridgehead atoms. The Labute approximate surface area is 80.5 Å². The van der Waals surface area contributed by atoms with Gasteiger partial charge >= 0.3 is 0 Å². The number of carbonyl (C=O) groups excluding carboxylic acids is 1. The van der Waals surface area contributed by atoms with Gasteiger partial charge in [0.05, 0.1) is 12.0 Å². The summed E-state index contributed by atoms with van der Waals surface area (Å²) >= 11 is 2.83. The Morgan fingerprint density at radius 3 is 2.75 bits per heavy atom. The molecule has 0 aromatic carbocycles. The molecule has 0 saturated heterocycles. The Bertz CT molecular complexity index is 258. The second-order valence-corrected chi connectivity index (χ2v) is 2.83. The minimum atomic E-state index is -0.283. The maximum atomic E-state index is 11.0. The monoisotopic (exact) mass is 228 g/mol. The molecule has 1 unspecified atom stereocenters. The molecule has 0 N–H and O–H groups in total. The lowest BCUT2D eigenvalue weighted by Crippen LogP contribution is -2.29. The van der Waals surface area contributed by atoms with Crippen molar-refractivity contribution in [1.82, 2.24) is 4.90 Å². The lowest BCUT2D eigenvalue weighted by molar-refractivity contribution is -0.124. The van der Waals surface area contributed by atoms with Crippen LogP contribution in [-0.4, -0.2) is 24.4 Å². The highest BCUT2D eigenvalue weighted by Gasteiger charge is 2.08. The molecule has 0 fully saturated rings. The van der Waals surface area contributed by atoms with Gasteiger partial charge in [0.2, 0.25) is 0 Å². The van der Waals surface area contributed by atoms with E-state index in [-0.39, 0.29) is 11.8 Å². The number of hydrogen-bond acceptors (Lipinski definition) is 2. The first kappa shape index (κ1) is 11.0. The van der Waals surface area contributed by atoms with E-state index in [0.717, 1.165) is 0 Å². The standard InChI is InChI=1S/C8H9BrN2O/c1-7(5-10)6-11(2)8(12)3-4-9/h7H,6H2,1-2H3. The molecule has 4 heteroatoms. The second kappa shape index (κ2) is 5.62. The molecule has 0 aliphatic carbocycles. The van der Waals surface area contributed by atoms with Crippen molar-refractivity contribution in [3.63, 3.8) is 0 Å². The summed E-state index contributed by atoms with van der Waals surface area (Å²) in [5, 5.41) is 8.46. The molecule has 0 rings (SSSR count). The largest absolute Gasteiger partial charge is 0.334 e. The van der Waals surface area contributed by atoms with Crippen molar-refractivity contribution in [2.24, 2.45) is 5.92 Å². The highest BCUT2D eigenvalue weighted by molar-refractivity contribution is 9.12. The van der Waals surface area contributed by atoms with Crippen LogP contribution in [-0.2, 0) is 4.79 Å². The number of halogens is 1. The Hall–Kier alpha value is -1.00. The number of hydrogen-bond donors (Lipinski definition) is 0. The Balaban J connectivity index is 4.03. The van der Waals surface area contributed by atoms with E-state index in [1.165, 1.54) is 4.90 Å². The molecule has 0 heterocycles. The fraction of sp³-hybridized carbons (Fsp3) is 0.500. The summed E-state index contributed by atoms with van der Waals surface area (Å²) in [6.45, 7) is 2.17. The lowest BCUT2D eigenvalue weighted by Gasteiger charge is -2.14. The number of rotatable bonds is 2. The smallest absolute Gasteiger partial charge is 0.299 e. The zero-order chi connectivity index (χ0) is 9.56. The van der Waals surface area contributed by atoms with E-state index in [1.54, 1.807) is 14.0 Å². The van der Waals surface area contributed by atoms with Crippen molar-refractivity contribution in [3.8, 4) is 16.8 Å². The molecule has 0 saturated carbocycles. The normalized spacial score (nSPS) is 10.5. The van der Waals surface area contributed by atoms with Gasteiger partial charge in [-0.25, -0.2) is 0 Å². The summed E-state index contributed by atoms with van der Waals surface area (Å²) in [7, 11) is 1.62. The van der Waals surface area contributed by atoms with Crippen LogP contribution in [0.2, 0.25) is 0 Å². The van der Waals surface area contributed by atoms with Crippen LogP contribution in [0.3, 0.4) is 0 Å². The van der Waals surface area contributed by atoms with Crippen LogP contribution in [0.4, 0.5) is 0 Å². The van der Waals surface area contributed by atoms with E-state index >= 15 is 0 Å². The maximum absolute atomic E-state index is 11.0. The van der Waals surface area contributed by atoms with E-state index in [0.29, 0.717) is 6.54 Å². The second-order valence-electron chi connectivity index (χ2n) is 2.44. The van der Waals surface area contributed by atoms with Gasteiger partial charge in [-0.05, 0) is 11.8 Å². The Morgan fingerprint density at radius 1 is 1.75 bits per heavy atom. The third kappa shape index (κ3) is 4.00. The summed E-state index contributed by atoms with van der Waals surface area (Å²) < 4.78 is 0. The highest BCUT2D eigenvalue weighted by Crippen LogP contribution is 1.95. The summed E-state index contributed by atoms with van der Waals surface area (Å²) in [6, 6.07) is 2.04. The molecule has 12 heavy (non-hydrogen) atoms. The van der Waals surface area contributed by atoms with Crippen LogP contribution < -0.4 is 0 Å².